The van der Waals surface area contributed by atoms with E-state index in [2.05, 4.69) is 4.98 Å². The summed E-state index contributed by atoms with van der Waals surface area (Å²) in [4.78, 5) is 4.00. The number of alkyl halides is 3. The Labute approximate surface area is 165 Å². The van der Waals surface area contributed by atoms with E-state index in [1.807, 2.05) is 6.92 Å². The van der Waals surface area contributed by atoms with Crippen molar-refractivity contribution in [1.29, 1.82) is 0 Å². The lowest BCUT2D eigenvalue weighted by molar-refractivity contribution is -0.138. The van der Waals surface area contributed by atoms with E-state index in [0.717, 1.165) is 22.9 Å². The van der Waals surface area contributed by atoms with Crippen LogP contribution >= 0.6 is 0 Å². The van der Waals surface area contributed by atoms with Gasteiger partial charge in [-0.2, -0.15) is 18.3 Å². The van der Waals surface area contributed by atoms with E-state index in [0.29, 0.717) is 30.2 Å². The Bertz CT molecular complexity index is 1060. The van der Waals surface area contributed by atoms with Crippen molar-refractivity contribution < 1.29 is 22.6 Å². The molecule has 1 atom stereocenters. The summed E-state index contributed by atoms with van der Waals surface area (Å²) < 4.78 is 52.1. The van der Waals surface area contributed by atoms with Crippen LogP contribution in [0.5, 0.6) is 5.75 Å². The van der Waals surface area contributed by atoms with Gasteiger partial charge in [-0.05, 0) is 31.2 Å². The van der Waals surface area contributed by atoms with Crippen molar-refractivity contribution in [3.05, 3.63) is 53.3 Å². The number of nitrogens with two attached hydrogens (primary N) is 1. The SMILES string of the molecule is COc1cc(-n2nc(-c3ccnc(N)c3)c3c2CC(C)OC3)ccc1C(F)(F)F. The molecule has 0 radical (unpaired) electrons. The average Bonchev–Trinajstić information content (AvgIpc) is 3.05. The number of ether oxygens (including phenoxy) is 2. The van der Waals surface area contributed by atoms with Gasteiger partial charge in [0, 0.05) is 29.8 Å². The molecular formula is C20H19F3N4O2. The summed E-state index contributed by atoms with van der Waals surface area (Å²) in [5.74, 6) is 0.0983. The Balaban J connectivity index is 1.88. The summed E-state index contributed by atoms with van der Waals surface area (Å²) in [5.41, 5.74) is 8.66. The predicted octanol–water partition coefficient (Wildman–Crippen LogP) is 4.01. The molecule has 2 N–H and O–H groups in total. The Morgan fingerprint density at radius 1 is 1.24 bits per heavy atom. The van der Waals surface area contributed by atoms with Crippen LogP contribution in [0, 0.1) is 0 Å². The Kier molecular flexibility index (Phi) is 4.70. The van der Waals surface area contributed by atoms with Crippen molar-refractivity contribution in [2.24, 2.45) is 0 Å². The van der Waals surface area contributed by atoms with Crippen LogP contribution < -0.4 is 10.5 Å². The Morgan fingerprint density at radius 3 is 2.72 bits per heavy atom. The molecule has 0 saturated heterocycles. The number of rotatable bonds is 3. The van der Waals surface area contributed by atoms with Gasteiger partial charge in [-0.15, -0.1) is 0 Å². The second-order valence-electron chi connectivity index (χ2n) is 6.86. The first-order valence-corrected chi connectivity index (χ1v) is 8.98. The van der Waals surface area contributed by atoms with Crippen molar-refractivity contribution >= 4 is 5.82 Å². The van der Waals surface area contributed by atoms with Gasteiger partial charge in [-0.1, -0.05) is 0 Å². The first-order chi connectivity index (χ1) is 13.8. The van der Waals surface area contributed by atoms with Gasteiger partial charge in [0.15, 0.2) is 0 Å². The van der Waals surface area contributed by atoms with Crippen molar-refractivity contribution in [2.45, 2.75) is 32.2 Å². The highest BCUT2D eigenvalue weighted by Gasteiger charge is 2.35. The highest BCUT2D eigenvalue weighted by molar-refractivity contribution is 5.67. The maximum Gasteiger partial charge on any atom is 0.419 e. The lowest BCUT2D eigenvalue weighted by atomic mass is 10.0. The van der Waals surface area contributed by atoms with Crippen molar-refractivity contribution in [1.82, 2.24) is 14.8 Å². The molecule has 152 valence electrons. The molecule has 0 saturated carbocycles. The number of methoxy groups -OCH3 is 1. The van der Waals surface area contributed by atoms with Crippen LogP contribution in [0.1, 0.15) is 23.7 Å². The minimum Gasteiger partial charge on any atom is -0.496 e. The van der Waals surface area contributed by atoms with Crippen molar-refractivity contribution in [3.8, 4) is 22.7 Å². The lowest BCUT2D eigenvalue weighted by Crippen LogP contribution is -2.21. The summed E-state index contributed by atoms with van der Waals surface area (Å²) in [7, 11) is 1.22. The van der Waals surface area contributed by atoms with Gasteiger partial charge in [0.1, 0.15) is 11.6 Å². The molecule has 1 aliphatic heterocycles. The molecule has 0 amide bonds. The number of hydrogen-bond donors (Lipinski definition) is 1. The third kappa shape index (κ3) is 3.53. The standard InChI is InChI=1S/C20H19F3N4O2/c1-11-7-16-14(10-29-11)19(12-5-6-25-18(24)8-12)26-27(16)13-3-4-15(20(21,22)23)17(9-13)28-2/h3-6,8-9,11H,7,10H2,1-2H3,(H2,24,25). The molecule has 6 nitrogen and oxygen atoms in total. The van der Waals surface area contributed by atoms with Gasteiger partial charge < -0.3 is 15.2 Å². The maximum absolute atomic E-state index is 13.2. The fourth-order valence-corrected chi connectivity index (χ4v) is 3.49. The molecule has 2 aromatic heterocycles. The molecule has 1 unspecified atom stereocenters. The number of nitrogens with zero attached hydrogens (tertiary/aromatic N) is 3. The van der Waals surface area contributed by atoms with Gasteiger partial charge in [0.25, 0.3) is 0 Å². The molecule has 1 aliphatic rings. The maximum atomic E-state index is 13.2. The molecule has 4 rings (SSSR count). The monoisotopic (exact) mass is 404 g/mol. The van der Waals surface area contributed by atoms with E-state index in [1.54, 1.807) is 23.0 Å². The molecule has 3 aromatic rings. The third-order valence-electron chi connectivity index (χ3n) is 4.87. The predicted molar refractivity (Wildman–Crippen MR) is 101 cm³/mol. The van der Waals surface area contributed by atoms with Crippen molar-refractivity contribution in [2.75, 3.05) is 12.8 Å². The van der Waals surface area contributed by atoms with Gasteiger partial charge in [-0.25, -0.2) is 9.67 Å². The molecule has 0 spiro atoms. The quantitative estimate of drug-likeness (QED) is 0.714. The summed E-state index contributed by atoms with van der Waals surface area (Å²) >= 11 is 0. The van der Waals surface area contributed by atoms with E-state index >= 15 is 0 Å². The summed E-state index contributed by atoms with van der Waals surface area (Å²) in [5, 5.41) is 4.69. The fourth-order valence-electron chi connectivity index (χ4n) is 3.49. The minimum atomic E-state index is -4.50. The summed E-state index contributed by atoms with van der Waals surface area (Å²) in [6.07, 6.45) is -2.38. The number of anilines is 1. The van der Waals surface area contributed by atoms with Gasteiger partial charge in [-0.3, -0.25) is 0 Å². The number of halogens is 3. The molecule has 29 heavy (non-hydrogen) atoms. The molecule has 1 aromatic carbocycles. The summed E-state index contributed by atoms with van der Waals surface area (Å²) in [6, 6.07) is 7.24. The van der Waals surface area contributed by atoms with Crippen LogP contribution in [0.2, 0.25) is 0 Å². The van der Waals surface area contributed by atoms with E-state index in [-0.39, 0.29) is 11.9 Å². The largest absolute Gasteiger partial charge is 0.496 e. The van der Waals surface area contributed by atoms with E-state index < -0.39 is 11.7 Å². The van der Waals surface area contributed by atoms with Crippen LogP contribution in [0.3, 0.4) is 0 Å². The second kappa shape index (κ2) is 7.07. The number of pyridine rings is 1. The number of hydrogen-bond acceptors (Lipinski definition) is 5. The number of aromatic nitrogens is 3. The van der Waals surface area contributed by atoms with Gasteiger partial charge >= 0.3 is 6.18 Å². The normalized spacial score (nSPS) is 16.5. The highest BCUT2D eigenvalue weighted by atomic mass is 19.4. The number of nitrogen functional groups attached to an aromatic ring is 1. The first kappa shape index (κ1) is 19.3. The topological polar surface area (TPSA) is 75.2 Å². The van der Waals surface area contributed by atoms with Crippen molar-refractivity contribution in [3.63, 3.8) is 0 Å². The third-order valence-corrected chi connectivity index (χ3v) is 4.87. The van der Waals surface area contributed by atoms with Crippen LogP contribution in [-0.4, -0.2) is 28.0 Å². The zero-order valence-electron chi connectivity index (χ0n) is 15.8. The second-order valence-corrected chi connectivity index (χ2v) is 6.86. The highest BCUT2D eigenvalue weighted by Crippen LogP contribution is 2.38. The van der Waals surface area contributed by atoms with Gasteiger partial charge in [0.2, 0.25) is 0 Å². The molecule has 0 bridgehead atoms. The minimum absolute atomic E-state index is 0.0374. The van der Waals surface area contributed by atoms with E-state index in [4.69, 9.17) is 20.3 Å². The smallest absolute Gasteiger partial charge is 0.419 e. The molecular weight excluding hydrogens is 385 g/mol. The van der Waals surface area contributed by atoms with E-state index in [1.165, 1.54) is 19.2 Å². The molecule has 0 aliphatic carbocycles. The first-order valence-electron chi connectivity index (χ1n) is 8.98. The molecule has 3 heterocycles. The Hall–Kier alpha value is -3.07. The zero-order chi connectivity index (χ0) is 20.8. The Morgan fingerprint density at radius 2 is 2.03 bits per heavy atom. The lowest BCUT2D eigenvalue weighted by Gasteiger charge is -2.21. The fraction of sp³-hybridized carbons (Fsp3) is 0.300. The zero-order valence-corrected chi connectivity index (χ0v) is 15.8. The summed E-state index contributed by atoms with van der Waals surface area (Å²) in [6.45, 7) is 2.30. The number of fused-ring (bicyclic) bond motifs is 1. The molecule has 9 heteroatoms. The van der Waals surface area contributed by atoms with Crippen LogP contribution in [0.4, 0.5) is 19.0 Å². The number of benzene rings is 1. The van der Waals surface area contributed by atoms with Gasteiger partial charge in [0.05, 0.1) is 42.5 Å². The van der Waals surface area contributed by atoms with Crippen LogP contribution in [-0.2, 0) is 23.9 Å². The van der Waals surface area contributed by atoms with Crippen LogP contribution in [0.25, 0.3) is 16.9 Å². The average molecular weight is 404 g/mol. The van der Waals surface area contributed by atoms with E-state index in [9.17, 15) is 13.2 Å². The molecule has 0 fully saturated rings. The van der Waals surface area contributed by atoms with Crippen LogP contribution in [0.15, 0.2) is 36.5 Å².